The van der Waals surface area contributed by atoms with Crippen LogP contribution in [0.25, 0.3) is 0 Å². The Balaban J connectivity index is 3.41. The number of aliphatic hydroxyl groups is 3. The highest BCUT2D eigenvalue weighted by Crippen LogP contribution is 2.18. The number of amides is 1. The molecule has 0 unspecified atom stereocenters. The van der Waals surface area contributed by atoms with Crippen molar-refractivity contribution in [2.45, 2.75) is 321 Å². The second-order valence-corrected chi connectivity index (χ2v) is 18.4. The van der Waals surface area contributed by atoms with Gasteiger partial charge in [-0.3, -0.25) is 4.79 Å². The molecule has 5 heteroatoms. The molecule has 0 aromatic rings. The lowest BCUT2D eigenvalue weighted by molar-refractivity contribution is -0.124. The van der Waals surface area contributed by atoms with Crippen LogP contribution in [0.15, 0.2) is 0 Å². The van der Waals surface area contributed by atoms with Gasteiger partial charge in [-0.2, -0.15) is 0 Å². The first-order valence-electron chi connectivity index (χ1n) is 26.3. The van der Waals surface area contributed by atoms with Crippen LogP contribution in [0.1, 0.15) is 303 Å². The van der Waals surface area contributed by atoms with Crippen LogP contribution in [0.2, 0.25) is 0 Å². The molecule has 0 bridgehead atoms. The van der Waals surface area contributed by atoms with Crippen LogP contribution in [0.3, 0.4) is 0 Å². The van der Waals surface area contributed by atoms with Crippen molar-refractivity contribution >= 4 is 5.91 Å². The molecule has 0 heterocycles. The van der Waals surface area contributed by atoms with Crippen molar-refractivity contribution in [1.82, 2.24) is 5.32 Å². The first kappa shape index (κ1) is 56.4. The number of hydrogen-bond donors (Lipinski definition) is 4. The lowest BCUT2D eigenvalue weighted by atomic mass is 9.99. The highest BCUT2D eigenvalue weighted by molar-refractivity contribution is 5.76. The highest BCUT2D eigenvalue weighted by atomic mass is 16.3. The third kappa shape index (κ3) is 43.3. The summed E-state index contributed by atoms with van der Waals surface area (Å²) in [6, 6.07) is -0.802. The Morgan fingerprint density at radius 1 is 0.368 bits per heavy atom. The largest absolute Gasteiger partial charge is 0.394 e. The van der Waals surface area contributed by atoms with E-state index in [1.165, 1.54) is 238 Å². The zero-order valence-corrected chi connectivity index (χ0v) is 39.0. The first-order valence-corrected chi connectivity index (χ1v) is 26.3. The lowest BCUT2D eigenvalue weighted by Crippen LogP contribution is -2.50. The minimum absolute atomic E-state index is 0.138. The second-order valence-electron chi connectivity index (χ2n) is 18.4. The molecule has 342 valence electrons. The third-order valence-corrected chi connectivity index (χ3v) is 12.7. The molecule has 0 saturated heterocycles. The number of carbonyl (C=O) groups is 1. The smallest absolute Gasteiger partial charge is 0.220 e. The normalized spacial score (nSPS) is 13.3. The molecule has 0 rings (SSSR count). The fourth-order valence-corrected chi connectivity index (χ4v) is 8.64. The van der Waals surface area contributed by atoms with Crippen LogP contribution in [0, 0.1) is 0 Å². The Bertz CT molecular complexity index is 762. The number of aliphatic hydroxyl groups excluding tert-OH is 3. The first-order chi connectivity index (χ1) is 28.1. The van der Waals surface area contributed by atoms with Gasteiger partial charge in [0.1, 0.15) is 6.10 Å². The van der Waals surface area contributed by atoms with Gasteiger partial charge in [-0.25, -0.2) is 0 Å². The van der Waals surface area contributed by atoms with Crippen LogP contribution < -0.4 is 5.32 Å². The lowest BCUT2D eigenvalue weighted by Gasteiger charge is -2.26. The molecule has 5 nitrogen and oxygen atoms in total. The van der Waals surface area contributed by atoms with Crippen molar-refractivity contribution in [1.29, 1.82) is 0 Å². The number of rotatable bonds is 49. The third-order valence-electron chi connectivity index (χ3n) is 12.7. The molecule has 0 aliphatic carbocycles. The summed E-state index contributed by atoms with van der Waals surface area (Å²) in [6.07, 6.45) is 56.9. The van der Waals surface area contributed by atoms with E-state index in [1.54, 1.807) is 0 Å². The average Bonchev–Trinajstić information content (AvgIpc) is 3.22. The molecule has 57 heavy (non-hydrogen) atoms. The van der Waals surface area contributed by atoms with Gasteiger partial charge in [0.15, 0.2) is 0 Å². The minimum Gasteiger partial charge on any atom is -0.394 e. The van der Waals surface area contributed by atoms with Crippen LogP contribution in [0.5, 0.6) is 0 Å². The predicted molar refractivity (Wildman–Crippen MR) is 250 cm³/mol. The quantitative estimate of drug-likeness (QED) is 0.0461. The number of unbranched alkanes of at least 4 members (excludes halogenated alkanes) is 41. The molecule has 0 aliphatic rings. The number of hydrogen-bond acceptors (Lipinski definition) is 4. The van der Waals surface area contributed by atoms with E-state index in [9.17, 15) is 20.1 Å². The molecule has 0 aromatic heterocycles. The molecule has 1 amide bonds. The molecule has 0 aromatic carbocycles. The number of carbonyl (C=O) groups excluding carboxylic acids is 1. The van der Waals surface area contributed by atoms with Gasteiger partial charge in [-0.1, -0.05) is 284 Å². The summed E-state index contributed by atoms with van der Waals surface area (Å²) >= 11 is 0. The van der Waals surface area contributed by atoms with Crippen molar-refractivity contribution in [2.24, 2.45) is 0 Å². The molecule has 0 spiro atoms. The summed E-state index contributed by atoms with van der Waals surface area (Å²) in [5.74, 6) is -0.138. The molecule has 3 atom stereocenters. The van der Waals surface area contributed by atoms with E-state index in [0.717, 1.165) is 38.5 Å². The summed E-state index contributed by atoms with van der Waals surface area (Å²) in [5, 5.41) is 33.5. The fourth-order valence-electron chi connectivity index (χ4n) is 8.64. The zero-order valence-electron chi connectivity index (χ0n) is 39.0. The Hall–Kier alpha value is -0.650. The van der Waals surface area contributed by atoms with Crippen molar-refractivity contribution in [3.63, 3.8) is 0 Å². The molecular weight excluding hydrogens is 703 g/mol. The van der Waals surface area contributed by atoms with E-state index in [4.69, 9.17) is 0 Å². The van der Waals surface area contributed by atoms with Crippen LogP contribution in [-0.4, -0.2) is 46.1 Å². The second kappa shape index (κ2) is 48.0. The van der Waals surface area contributed by atoms with Gasteiger partial charge in [-0.05, 0) is 12.8 Å². The van der Waals surface area contributed by atoms with Crippen LogP contribution in [0.4, 0.5) is 0 Å². The Morgan fingerprint density at radius 2 is 0.596 bits per heavy atom. The summed E-state index contributed by atoms with van der Waals surface area (Å²) in [7, 11) is 0. The monoisotopic (exact) mass is 808 g/mol. The van der Waals surface area contributed by atoms with E-state index in [1.807, 2.05) is 0 Å². The van der Waals surface area contributed by atoms with Crippen molar-refractivity contribution < 1.29 is 20.1 Å². The molecule has 0 radical (unpaired) electrons. The topological polar surface area (TPSA) is 89.8 Å². The zero-order chi connectivity index (χ0) is 41.5. The average molecular weight is 808 g/mol. The Morgan fingerprint density at radius 3 is 0.842 bits per heavy atom. The molecule has 0 aliphatic heterocycles. The summed E-state index contributed by atoms with van der Waals surface area (Å²) in [5.41, 5.74) is 0. The Labute approximate surface area is 357 Å². The maximum Gasteiger partial charge on any atom is 0.220 e. The fraction of sp³-hybridized carbons (Fsp3) is 0.981. The van der Waals surface area contributed by atoms with E-state index in [2.05, 4.69) is 19.2 Å². The van der Waals surface area contributed by atoms with Crippen LogP contribution >= 0.6 is 0 Å². The molecular formula is C52H105NO4. The van der Waals surface area contributed by atoms with E-state index >= 15 is 0 Å². The van der Waals surface area contributed by atoms with Gasteiger partial charge in [-0.15, -0.1) is 0 Å². The van der Waals surface area contributed by atoms with Gasteiger partial charge in [0, 0.05) is 6.42 Å². The minimum atomic E-state index is -1.13. The highest BCUT2D eigenvalue weighted by Gasteiger charge is 2.26. The maximum atomic E-state index is 12.4. The molecule has 0 fully saturated rings. The van der Waals surface area contributed by atoms with Gasteiger partial charge in [0.25, 0.3) is 0 Å². The summed E-state index contributed by atoms with van der Waals surface area (Å²) in [4.78, 5) is 12.4. The van der Waals surface area contributed by atoms with Crippen molar-refractivity contribution in [3.8, 4) is 0 Å². The summed E-state index contributed by atoms with van der Waals surface area (Å²) in [6.45, 7) is 4.19. The van der Waals surface area contributed by atoms with Crippen molar-refractivity contribution in [2.75, 3.05) is 6.61 Å². The molecule has 4 N–H and O–H groups in total. The van der Waals surface area contributed by atoms with E-state index < -0.39 is 18.2 Å². The Kier molecular flexibility index (Phi) is 47.5. The number of nitrogens with one attached hydrogen (secondary N) is 1. The van der Waals surface area contributed by atoms with Gasteiger partial charge >= 0.3 is 0 Å². The van der Waals surface area contributed by atoms with E-state index in [-0.39, 0.29) is 12.5 Å². The van der Waals surface area contributed by atoms with Gasteiger partial charge in [0.05, 0.1) is 18.8 Å². The van der Waals surface area contributed by atoms with Crippen LogP contribution in [-0.2, 0) is 4.79 Å². The predicted octanol–water partition coefficient (Wildman–Crippen LogP) is 15.8. The standard InChI is InChI=1S/C52H105NO4/c1-3-5-7-9-11-13-15-16-17-18-19-20-21-22-23-24-25-26-27-28-29-30-31-32-33-34-35-37-39-41-43-45-47-51(56)53-49(48-54)52(57)50(55)46-44-42-40-38-36-14-12-10-8-6-4-2/h49-50,52,54-55,57H,3-48H2,1-2H3,(H,53,56)/t49-,50+,52-/m0/s1. The van der Waals surface area contributed by atoms with Gasteiger partial charge in [0.2, 0.25) is 5.91 Å². The molecule has 0 saturated carbocycles. The maximum absolute atomic E-state index is 12.4. The SMILES string of the molecule is CCCCCCCCCCCCCCCCCCCCCCCCCCCCCCCCCCC(=O)N[C@@H](CO)[C@H](O)[C@H](O)CCCCCCCCCCCCC. The van der Waals surface area contributed by atoms with E-state index in [0.29, 0.717) is 12.8 Å². The summed E-state index contributed by atoms with van der Waals surface area (Å²) < 4.78 is 0. The van der Waals surface area contributed by atoms with Crippen molar-refractivity contribution in [3.05, 3.63) is 0 Å². The van der Waals surface area contributed by atoms with Gasteiger partial charge < -0.3 is 20.6 Å².